The molecule has 1 saturated heterocycles. The van der Waals surface area contributed by atoms with E-state index in [2.05, 4.69) is 4.98 Å². The molecule has 1 saturated carbocycles. The molecule has 0 aromatic carbocycles. The molecule has 4 rings (SSSR count). The molecule has 6 nitrogen and oxygen atoms in total. The van der Waals surface area contributed by atoms with Crippen LogP contribution in [0.15, 0.2) is 12.1 Å². The Labute approximate surface area is 167 Å². The van der Waals surface area contributed by atoms with Gasteiger partial charge >= 0.3 is 12.2 Å². The van der Waals surface area contributed by atoms with E-state index in [0.717, 1.165) is 29.9 Å². The molecule has 2 fully saturated rings. The van der Waals surface area contributed by atoms with Gasteiger partial charge in [0.05, 0.1) is 17.3 Å². The number of rotatable bonds is 2. The first-order valence-electron chi connectivity index (χ1n) is 10.2. The Morgan fingerprint density at radius 2 is 1.86 bits per heavy atom. The third kappa shape index (κ3) is 4.04. The van der Waals surface area contributed by atoms with Gasteiger partial charge in [-0.2, -0.15) is 18.3 Å². The van der Waals surface area contributed by atoms with Crippen molar-refractivity contribution in [3.8, 4) is 0 Å². The smallest absolute Gasteiger partial charge is 0.351 e. The van der Waals surface area contributed by atoms with Gasteiger partial charge in [0.1, 0.15) is 0 Å². The van der Waals surface area contributed by atoms with E-state index >= 15 is 0 Å². The molecular formula is C20H26F3N5O. The molecule has 2 N–H and O–H groups in total. The van der Waals surface area contributed by atoms with E-state index < -0.39 is 18.1 Å². The van der Waals surface area contributed by atoms with Gasteiger partial charge in [-0.15, -0.1) is 0 Å². The van der Waals surface area contributed by atoms with Gasteiger partial charge in [-0.05, 0) is 51.5 Å². The highest BCUT2D eigenvalue weighted by molar-refractivity contribution is 5.72. The SMILES string of the molecule is Cc1cc([C@@H]2CCCN(C(N)=O)C2)n2nc(C3CCC(C(F)(F)F)CC3)cc2n1. The number of hydrogen-bond donors (Lipinski definition) is 1. The Morgan fingerprint density at radius 1 is 1.14 bits per heavy atom. The van der Waals surface area contributed by atoms with E-state index in [1.807, 2.05) is 23.6 Å². The minimum Gasteiger partial charge on any atom is -0.351 e. The van der Waals surface area contributed by atoms with Crippen LogP contribution in [0.3, 0.4) is 0 Å². The highest BCUT2D eigenvalue weighted by atomic mass is 19.4. The summed E-state index contributed by atoms with van der Waals surface area (Å²) >= 11 is 0. The van der Waals surface area contributed by atoms with Crippen LogP contribution < -0.4 is 5.73 Å². The van der Waals surface area contributed by atoms with Crippen LogP contribution >= 0.6 is 0 Å². The van der Waals surface area contributed by atoms with E-state index in [0.29, 0.717) is 31.6 Å². The summed E-state index contributed by atoms with van der Waals surface area (Å²) in [6, 6.07) is 3.47. The van der Waals surface area contributed by atoms with Crippen molar-refractivity contribution in [2.75, 3.05) is 13.1 Å². The molecule has 2 aliphatic rings. The van der Waals surface area contributed by atoms with Crippen molar-refractivity contribution in [1.82, 2.24) is 19.5 Å². The van der Waals surface area contributed by atoms with E-state index in [1.54, 1.807) is 4.90 Å². The van der Waals surface area contributed by atoms with Crippen LogP contribution in [0.4, 0.5) is 18.0 Å². The summed E-state index contributed by atoms with van der Waals surface area (Å²) in [5.41, 5.74) is 8.83. The topological polar surface area (TPSA) is 76.5 Å². The average molecular weight is 409 g/mol. The van der Waals surface area contributed by atoms with Crippen LogP contribution in [-0.4, -0.2) is 44.8 Å². The molecule has 29 heavy (non-hydrogen) atoms. The summed E-state index contributed by atoms with van der Waals surface area (Å²) < 4.78 is 40.7. The third-order valence-electron chi connectivity index (χ3n) is 6.36. The van der Waals surface area contributed by atoms with Gasteiger partial charge < -0.3 is 10.6 Å². The molecule has 1 aliphatic carbocycles. The molecule has 2 aromatic heterocycles. The largest absolute Gasteiger partial charge is 0.391 e. The molecule has 3 heterocycles. The number of amides is 2. The lowest BCUT2D eigenvalue weighted by atomic mass is 9.80. The molecular weight excluding hydrogens is 383 g/mol. The normalized spacial score (nSPS) is 26.1. The fourth-order valence-electron chi connectivity index (χ4n) is 4.77. The molecule has 1 aliphatic heterocycles. The molecule has 1 atom stereocenters. The first kappa shape index (κ1) is 20.0. The van der Waals surface area contributed by atoms with Crippen molar-refractivity contribution >= 4 is 11.7 Å². The second-order valence-electron chi connectivity index (χ2n) is 8.38. The first-order chi connectivity index (χ1) is 13.7. The number of halogens is 3. The minimum atomic E-state index is -4.11. The predicted octanol–water partition coefficient (Wildman–Crippen LogP) is 4.13. The van der Waals surface area contributed by atoms with Crippen LogP contribution in [0.5, 0.6) is 0 Å². The van der Waals surface area contributed by atoms with Crippen LogP contribution in [0.2, 0.25) is 0 Å². The van der Waals surface area contributed by atoms with Gasteiger partial charge in [-0.25, -0.2) is 14.3 Å². The molecule has 0 radical (unpaired) electrons. The van der Waals surface area contributed by atoms with Gasteiger partial charge in [0.15, 0.2) is 5.65 Å². The van der Waals surface area contributed by atoms with Crippen molar-refractivity contribution < 1.29 is 18.0 Å². The van der Waals surface area contributed by atoms with Gasteiger partial charge in [0.25, 0.3) is 0 Å². The Balaban J connectivity index is 1.60. The number of fused-ring (bicyclic) bond motifs is 1. The van der Waals surface area contributed by atoms with Crippen LogP contribution in [-0.2, 0) is 0 Å². The number of carbonyl (C=O) groups is 1. The number of nitrogens with zero attached hydrogens (tertiary/aromatic N) is 4. The van der Waals surface area contributed by atoms with E-state index in [9.17, 15) is 18.0 Å². The first-order valence-corrected chi connectivity index (χ1v) is 10.2. The second-order valence-corrected chi connectivity index (χ2v) is 8.38. The Kier molecular flexibility index (Phi) is 5.16. The summed E-state index contributed by atoms with van der Waals surface area (Å²) in [5, 5.41) is 4.75. The number of alkyl halides is 3. The lowest BCUT2D eigenvalue weighted by Gasteiger charge is -2.31. The molecule has 158 valence electrons. The van der Waals surface area contributed by atoms with Crippen molar-refractivity contribution in [3.05, 3.63) is 29.2 Å². The molecule has 2 aromatic rings. The Hall–Kier alpha value is -2.32. The van der Waals surface area contributed by atoms with Crippen LogP contribution in [0, 0.1) is 12.8 Å². The fraction of sp³-hybridized carbons (Fsp3) is 0.650. The summed E-state index contributed by atoms with van der Waals surface area (Å²) in [6.45, 7) is 3.12. The number of urea groups is 1. The Morgan fingerprint density at radius 3 is 2.52 bits per heavy atom. The summed E-state index contributed by atoms with van der Waals surface area (Å²) in [6.07, 6.45) is -1.04. The molecule has 0 spiro atoms. The van der Waals surface area contributed by atoms with Gasteiger partial charge in [-0.3, -0.25) is 0 Å². The van der Waals surface area contributed by atoms with Gasteiger partial charge in [0.2, 0.25) is 0 Å². The van der Waals surface area contributed by atoms with Crippen LogP contribution in [0.25, 0.3) is 5.65 Å². The second kappa shape index (κ2) is 7.50. The minimum absolute atomic E-state index is 0.0249. The number of likely N-dealkylation sites (tertiary alicyclic amines) is 1. The van der Waals surface area contributed by atoms with Crippen LogP contribution in [0.1, 0.15) is 67.4 Å². The zero-order valence-electron chi connectivity index (χ0n) is 16.5. The third-order valence-corrected chi connectivity index (χ3v) is 6.36. The van der Waals surface area contributed by atoms with E-state index in [4.69, 9.17) is 10.8 Å². The maximum absolute atomic E-state index is 13.0. The Bertz CT molecular complexity index is 901. The number of aromatic nitrogens is 3. The number of hydrogen-bond acceptors (Lipinski definition) is 3. The highest BCUT2D eigenvalue weighted by Gasteiger charge is 2.42. The van der Waals surface area contributed by atoms with Gasteiger partial charge in [-0.1, -0.05) is 0 Å². The van der Waals surface area contributed by atoms with Gasteiger partial charge in [0, 0.05) is 36.7 Å². The lowest BCUT2D eigenvalue weighted by molar-refractivity contribution is -0.182. The monoisotopic (exact) mass is 409 g/mol. The highest BCUT2D eigenvalue weighted by Crippen LogP contribution is 2.42. The summed E-state index contributed by atoms with van der Waals surface area (Å²) in [7, 11) is 0. The quantitative estimate of drug-likeness (QED) is 0.810. The number of primary amides is 1. The fourth-order valence-corrected chi connectivity index (χ4v) is 4.77. The van der Waals surface area contributed by atoms with Crippen molar-refractivity contribution in [2.45, 2.75) is 63.5 Å². The van der Waals surface area contributed by atoms with Crippen molar-refractivity contribution in [3.63, 3.8) is 0 Å². The van der Waals surface area contributed by atoms with Crippen molar-refractivity contribution in [1.29, 1.82) is 0 Å². The summed E-state index contributed by atoms with van der Waals surface area (Å²) in [5.74, 6) is -1.07. The zero-order valence-corrected chi connectivity index (χ0v) is 16.5. The predicted molar refractivity (Wildman–Crippen MR) is 102 cm³/mol. The van der Waals surface area contributed by atoms with E-state index in [1.165, 1.54) is 0 Å². The molecule has 2 amide bonds. The molecule has 9 heteroatoms. The lowest BCUT2D eigenvalue weighted by Crippen LogP contribution is -2.42. The molecule has 0 unspecified atom stereocenters. The maximum atomic E-state index is 13.0. The maximum Gasteiger partial charge on any atom is 0.391 e. The number of nitrogens with two attached hydrogens (primary N) is 1. The molecule has 0 bridgehead atoms. The zero-order chi connectivity index (χ0) is 20.8. The number of piperidine rings is 1. The average Bonchev–Trinajstić information content (AvgIpc) is 3.10. The standard InChI is InChI=1S/C20H26F3N5O/c1-12-9-17(14-3-2-8-27(11-14)19(24)29)28-18(25-12)10-16(26-28)13-4-6-15(7-5-13)20(21,22)23/h9-10,13-15H,2-8,11H2,1H3,(H2,24,29)/t13?,14-,15?/m1/s1. The number of carbonyl (C=O) groups excluding carboxylic acids is 1. The van der Waals surface area contributed by atoms with Crippen molar-refractivity contribution in [2.24, 2.45) is 11.7 Å². The summed E-state index contributed by atoms with van der Waals surface area (Å²) in [4.78, 5) is 17.8. The van der Waals surface area contributed by atoms with E-state index in [-0.39, 0.29) is 24.7 Å². The number of aryl methyl sites for hydroxylation is 1.